The Morgan fingerprint density at radius 1 is 1.20 bits per heavy atom. The summed E-state index contributed by atoms with van der Waals surface area (Å²) in [5.74, 6) is -2.71. The molecule has 3 aromatic rings. The second-order valence-electron chi connectivity index (χ2n) is 6.02. The Balaban J connectivity index is 2.26. The molecule has 0 bridgehead atoms. The molecule has 11 heteroatoms. The van der Waals surface area contributed by atoms with Gasteiger partial charge < -0.3 is 10.1 Å². The molecule has 0 saturated heterocycles. The first-order chi connectivity index (χ1) is 14.1. The maximum absolute atomic E-state index is 13.9. The van der Waals surface area contributed by atoms with Crippen molar-refractivity contribution in [2.75, 3.05) is 11.9 Å². The first-order valence-electron chi connectivity index (χ1n) is 8.51. The number of non-ortho nitro benzene ring substituents is 1. The standard InChI is InChI=1S/C19H13F4N3O4/c1-2-30-18(27)15-16(19(21,22)23)13-9-10(20)3-8-14(13)25-17(15)24-11-4-6-12(7-5-11)26(28)29/h3-9H,2H2,1H3,(H,24,25). The molecular formula is C19H13F4N3O4. The summed E-state index contributed by atoms with van der Waals surface area (Å²) in [6.45, 7) is 1.22. The number of carbonyl (C=O) groups is 1. The van der Waals surface area contributed by atoms with Gasteiger partial charge in [0, 0.05) is 23.2 Å². The fourth-order valence-corrected chi connectivity index (χ4v) is 2.83. The molecule has 7 nitrogen and oxygen atoms in total. The van der Waals surface area contributed by atoms with Crippen molar-refractivity contribution in [2.24, 2.45) is 0 Å². The number of nitro benzene ring substituents is 1. The first kappa shape index (κ1) is 21.0. The van der Waals surface area contributed by atoms with Crippen LogP contribution in [0.3, 0.4) is 0 Å². The Hall–Kier alpha value is -3.76. The van der Waals surface area contributed by atoms with Crippen LogP contribution in [-0.4, -0.2) is 22.5 Å². The summed E-state index contributed by atoms with van der Waals surface area (Å²) in [6.07, 6.45) is -5.02. The molecule has 0 aliphatic heterocycles. The Morgan fingerprint density at radius 3 is 2.43 bits per heavy atom. The van der Waals surface area contributed by atoms with E-state index in [1.807, 2.05) is 0 Å². The van der Waals surface area contributed by atoms with Gasteiger partial charge in [0.15, 0.2) is 0 Å². The minimum atomic E-state index is -5.02. The maximum Gasteiger partial charge on any atom is 0.418 e. The minimum absolute atomic E-state index is 0.147. The zero-order valence-corrected chi connectivity index (χ0v) is 15.3. The zero-order chi connectivity index (χ0) is 22.1. The Labute approximate surface area is 166 Å². The third kappa shape index (κ3) is 4.14. The largest absolute Gasteiger partial charge is 0.462 e. The Kier molecular flexibility index (Phi) is 5.54. The monoisotopic (exact) mass is 423 g/mol. The van der Waals surface area contributed by atoms with Crippen molar-refractivity contribution in [1.82, 2.24) is 4.98 Å². The van der Waals surface area contributed by atoms with E-state index >= 15 is 0 Å². The molecule has 2 aromatic carbocycles. The number of hydrogen-bond donors (Lipinski definition) is 1. The molecule has 3 rings (SSSR count). The molecule has 0 aliphatic rings. The molecule has 156 valence electrons. The van der Waals surface area contributed by atoms with Crippen LogP contribution in [0.15, 0.2) is 42.5 Å². The molecule has 0 atom stereocenters. The van der Waals surface area contributed by atoms with Gasteiger partial charge in [-0.2, -0.15) is 13.2 Å². The van der Waals surface area contributed by atoms with E-state index in [1.165, 1.54) is 19.1 Å². The molecule has 0 radical (unpaired) electrons. The van der Waals surface area contributed by atoms with Crippen molar-refractivity contribution in [3.05, 3.63) is 69.5 Å². The Bertz CT molecular complexity index is 1130. The molecule has 0 saturated carbocycles. The van der Waals surface area contributed by atoms with Gasteiger partial charge in [-0.1, -0.05) is 0 Å². The molecular weight excluding hydrogens is 410 g/mol. The smallest absolute Gasteiger partial charge is 0.418 e. The van der Waals surface area contributed by atoms with Gasteiger partial charge in [-0.05, 0) is 37.3 Å². The molecule has 1 N–H and O–H groups in total. The van der Waals surface area contributed by atoms with Gasteiger partial charge in [0.05, 0.1) is 22.6 Å². The summed E-state index contributed by atoms with van der Waals surface area (Å²) in [6, 6.07) is 7.39. The molecule has 0 fully saturated rings. The SMILES string of the molecule is CCOC(=O)c1c(Nc2ccc([N+](=O)[O-])cc2)nc2ccc(F)cc2c1C(F)(F)F. The summed E-state index contributed by atoms with van der Waals surface area (Å²) in [7, 11) is 0. The van der Waals surface area contributed by atoms with Gasteiger partial charge in [0.2, 0.25) is 0 Å². The predicted octanol–water partition coefficient (Wildman–Crippen LogP) is 5.22. The lowest BCUT2D eigenvalue weighted by atomic mass is 10.0. The summed E-state index contributed by atoms with van der Waals surface area (Å²) < 4.78 is 60.2. The van der Waals surface area contributed by atoms with Crippen LogP contribution in [0, 0.1) is 15.9 Å². The molecule has 0 amide bonds. The van der Waals surface area contributed by atoms with Crippen LogP contribution in [0.1, 0.15) is 22.8 Å². The number of hydrogen-bond acceptors (Lipinski definition) is 6. The molecule has 30 heavy (non-hydrogen) atoms. The van der Waals surface area contributed by atoms with Crippen LogP contribution in [0.5, 0.6) is 0 Å². The van der Waals surface area contributed by atoms with Crippen LogP contribution < -0.4 is 5.32 Å². The highest BCUT2D eigenvalue weighted by Crippen LogP contribution is 2.40. The number of benzene rings is 2. The first-order valence-corrected chi connectivity index (χ1v) is 8.51. The highest BCUT2D eigenvalue weighted by atomic mass is 19.4. The fourth-order valence-electron chi connectivity index (χ4n) is 2.83. The van der Waals surface area contributed by atoms with Gasteiger partial charge in [0.25, 0.3) is 5.69 Å². The van der Waals surface area contributed by atoms with E-state index < -0.39 is 45.2 Å². The highest BCUT2D eigenvalue weighted by molar-refractivity contribution is 6.03. The topological polar surface area (TPSA) is 94.4 Å². The van der Waals surface area contributed by atoms with Crippen molar-refractivity contribution in [3.8, 4) is 0 Å². The quantitative estimate of drug-likeness (QED) is 0.262. The maximum atomic E-state index is 13.9. The number of nitrogens with zero attached hydrogens (tertiary/aromatic N) is 2. The van der Waals surface area contributed by atoms with Crippen LogP contribution in [-0.2, 0) is 10.9 Å². The molecule has 1 aromatic heterocycles. The van der Waals surface area contributed by atoms with Crippen LogP contribution in [0.2, 0.25) is 0 Å². The number of aromatic nitrogens is 1. The second-order valence-corrected chi connectivity index (χ2v) is 6.02. The third-order valence-corrected chi connectivity index (χ3v) is 4.05. The average Bonchev–Trinajstić information content (AvgIpc) is 2.67. The number of halogens is 4. The lowest BCUT2D eigenvalue weighted by Gasteiger charge is -2.19. The molecule has 1 heterocycles. The number of esters is 1. The number of alkyl halides is 3. The van der Waals surface area contributed by atoms with E-state index in [-0.39, 0.29) is 23.5 Å². The van der Waals surface area contributed by atoms with Crippen LogP contribution in [0.4, 0.5) is 34.8 Å². The number of fused-ring (bicyclic) bond motifs is 1. The van der Waals surface area contributed by atoms with Gasteiger partial charge in [-0.25, -0.2) is 14.2 Å². The van der Waals surface area contributed by atoms with Crippen molar-refractivity contribution in [2.45, 2.75) is 13.1 Å². The van der Waals surface area contributed by atoms with E-state index in [2.05, 4.69) is 10.3 Å². The van der Waals surface area contributed by atoms with Crippen LogP contribution >= 0.6 is 0 Å². The predicted molar refractivity (Wildman–Crippen MR) is 99.0 cm³/mol. The summed E-state index contributed by atoms with van der Waals surface area (Å²) in [5.41, 5.74) is -2.60. The van der Waals surface area contributed by atoms with E-state index in [9.17, 15) is 32.5 Å². The van der Waals surface area contributed by atoms with E-state index in [0.29, 0.717) is 6.07 Å². The van der Waals surface area contributed by atoms with Gasteiger partial charge in [-0.3, -0.25) is 10.1 Å². The molecule has 0 spiro atoms. The summed E-state index contributed by atoms with van der Waals surface area (Å²) in [4.78, 5) is 26.6. The minimum Gasteiger partial charge on any atom is -0.462 e. The molecule has 0 unspecified atom stereocenters. The summed E-state index contributed by atoms with van der Waals surface area (Å²) in [5, 5.41) is 12.7. The van der Waals surface area contributed by atoms with Gasteiger partial charge in [-0.15, -0.1) is 0 Å². The second kappa shape index (κ2) is 7.93. The van der Waals surface area contributed by atoms with Crippen molar-refractivity contribution >= 4 is 34.1 Å². The van der Waals surface area contributed by atoms with E-state index in [1.54, 1.807) is 0 Å². The normalized spacial score (nSPS) is 11.4. The lowest BCUT2D eigenvalue weighted by Crippen LogP contribution is -2.19. The number of rotatable bonds is 5. The average molecular weight is 423 g/mol. The molecule has 0 aliphatic carbocycles. The fraction of sp³-hybridized carbons (Fsp3) is 0.158. The summed E-state index contributed by atoms with van der Waals surface area (Å²) >= 11 is 0. The van der Waals surface area contributed by atoms with Crippen molar-refractivity contribution in [3.63, 3.8) is 0 Å². The number of ether oxygens (including phenoxy) is 1. The lowest BCUT2D eigenvalue weighted by molar-refractivity contribution is -0.384. The van der Waals surface area contributed by atoms with Crippen molar-refractivity contribution < 1.29 is 32.0 Å². The van der Waals surface area contributed by atoms with Gasteiger partial charge >= 0.3 is 12.1 Å². The number of anilines is 2. The third-order valence-electron chi connectivity index (χ3n) is 4.05. The van der Waals surface area contributed by atoms with E-state index in [4.69, 9.17) is 4.74 Å². The number of carbonyl (C=O) groups excluding carboxylic acids is 1. The van der Waals surface area contributed by atoms with Crippen LogP contribution in [0.25, 0.3) is 10.9 Å². The van der Waals surface area contributed by atoms with E-state index in [0.717, 1.165) is 24.3 Å². The number of nitro groups is 1. The number of pyridine rings is 1. The number of nitrogens with one attached hydrogen (secondary N) is 1. The Morgan fingerprint density at radius 2 is 1.87 bits per heavy atom. The zero-order valence-electron chi connectivity index (χ0n) is 15.3. The highest BCUT2D eigenvalue weighted by Gasteiger charge is 2.40. The van der Waals surface area contributed by atoms with Crippen molar-refractivity contribution in [1.29, 1.82) is 0 Å². The van der Waals surface area contributed by atoms with Gasteiger partial charge in [0.1, 0.15) is 17.2 Å².